The Morgan fingerprint density at radius 2 is 2.05 bits per heavy atom. The van der Waals surface area contributed by atoms with Crippen LogP contribution in [0.25, 0.3) is 0 Å². The van der Waals surface area contributed by atoms with Crippen LogP contribution in [0.4, 0.5) is 5.69 Å². The van der Waals surface area contributed by atoms with Crippen molar-refractivity contribution in [2.24, 2.45) is 0 Å². The number of methoxy groups -OCH3 is 1. The largest absolute Gasteiger partial charge is 0.504 e. The van der Waals surface area contributed by atoms with Crippen molar-refractivity contribution in [1.82, 2.24) is 0 Å². The van der Waals surface area contributed by atoms with Crippen LogP contribution in [0.1, 0.15) is 22.8 Å². The average molecular weight is 283 g/mol. The quantitative estimate of drug-likeness (QED) is 0.921. The molecule has 0 bridgehead atoms. The molecule has 0 aliphatic carbocycles. The lowest BCUT2D eigenvalue weighted by Gasteiger charge is -2.23. The number of phenols is 1. The van der Waals surface area contributed by atoms with Gasteiger partial charge >= 0.3 is 0 Å². The van der Waals surface area contributed by atoms with Crippen molar-refractivity contribution in [3.05, 3.63) is 53.6 Å². The summed E-state index contributed by atoms with van der Waals surface area (Å²) >= 11 is 0. The van der Waals surface area contributed by atoms with Crippen molar-refractivity contribution in [2.45, 2.75) is 19.4 Å². The number of amides is 1. The minimum absolute atomic E-state index is 0.0246. The Hall–Kier alpha value is -2.49. The molecule has 2 aromatic rings. The second kappa shape index (κ2) is 5.13. The van der Waals surface area contributed by atoms with E-state index in [2.05, 4.69) is 0 Å². The molecule has 0 aromatic heterocycles. The Kier molecular flexibility index (Phi) is 3.29. The van der Waals surface area contributed by atoms with E-state index in [0.29, 0.717) is 11.3 Å². The molecule has 0 radical (unpaired) electrons. The molecule has 1 heterocycles. The molecule has 3 rings (SSSR count). The SMILES string of the molecule is COc1ccc(C(=O)N2c3ccccc3CC2C)cc1O. The third-order valence-electron chi connectivity index (χ3n) is 3.85. The molecule has 1 unspecified atom stereocenters. The number of ether oxygens (including phenoxy) is 1. The maximum Gasteiger partial charge on any atom is 0.258 e. The fourth-order valence-electron chi connectivity index (χ4n) is 2.84. The minimum Gasteiger partial charge on any atom is -0.504 e. The number of hydrogen-bond donors (Lipinski definition) is 1. The van der Waals surface area contributed by atoms with E-state index in [4.69, 9.17) is 4.74 Å². The second-order valence-electron chi connectivity index (χ2n) is 5.24. The van der Waals surface area contributed by atoms with E-state index in [-0.39, 0.29) is 17.7 Å². The number of aromatic hydroxyl groups is 1. The number of fused-ring (bicyclic) bond motifs is 1. The normalized spacial score (nSPS) is 16.7. The number of nitrogens with zero attached hydrogens (tertiary/aromatic N) is 1. The first-order valence-electron chi connectivity index (χ1n) is 6.90. The predicted molar refractivity (Wildman–Crippen MR) is 81.1 cm³/mol. The Balaban J connectivity index is 1.97. The van der Waals surface area contributed by atoms with E-state index in [9.17, 15) is 9.90 Å². The molecule has 21 heavy (non-hydrogen) atoms. The summed E-state index contributed by atoms with van der Waals surface area (Å²) in [5.74, 6) is 0.232. The lowest BCUT2D eigenvalue weighted by molar-refractivity contribution is 0.0981. The topological polar surface area (TPSA) is 49.8 Å². The Morgan fingerprint density at radius 1 is 1.29 bits per heavy atom. The van der Waals surface area contributed by atoms with Gasteiger partial charge in [0.1, 0.15) is 0 Å². The fraction of sp³-hybridized carbons (Fsp3) is 0.235. The van der Waals surface area contributed by atoms with E-state index in [0.717, 1.165) is 12.1 Å². The molecule has 108 valence electrons. The summed E-state index contributed by atoms with van der Waals surface area (Å²) in [6.07, 6.45) is 0.851. The van der Waals surface area contributed by atoms with E-state index >= 15 is 0 Å². The van der Waals surface area contributed by atoms with Crippen LogP contribution in [0.2, 0.25) is 0 Å². The number of rotatable bonds is 2. The van der Waals surface area contributed by atoms with Gasteiger partial charge in [0.15, 0.2) is 11.5 Å². The Bertz CT molecular complexity index is 696. The first-order chi connectivity index (χ1) is 10.1. The third kappa shape index (κ3) is 2.23. The lowest BCUT2D eigenvalue weighted by Crippen LogP contribution is -2.35. The van der Waals surface area contributed by atoms with E-state index in [1.807, 2.05) is 31.2 Å². The summed E-state index contributed by atoms with van der Waals surface area (Å²) in [4.78, 5) is 14.5. The number of phenolic OH excluding ortho intramolecular Hbond substituents is 1. The summed E-state index contributed by atoms with van der Waals surface area (Å²) < 4.78 is 5.01. The summed E-state index contributed by atoms with van der Waals surface area (Å²) in [5.41, 5.74) is 2.58. The van der Waals surface area contributed by atoms with Gasteiger partial charge in [-0.3, -0.25) is 4.79 Å². The molecule has 1 aliphatic rings. The molecule has 1 atom stereocenters. The van der Waals surface area contributed by atoms with Gasteiger partial charge in [-0.2, -0.15) is 0 Å². The summed E-state index contributed by atoms with van der Waals surface area (Å²) in [7, 11) is 1.48. The highest BCUT2D eigenvalue weighted by Crippen LogP contribution is 2.34. The minimum atomic E-state index is -0.106. The van der Waals surface area contributed by atoms with E-state index in [1.54, 1.807) is 17.0 Å². The van der Waals surface area contributed by atoms with Gasteiger partial charge in [0.25, 0.3) is 5.91 Å². The van der Waals surface area contributed by atoms with Crippen LogP contribution in [0.5, 0.6) is 11.5 Å². The van der Waals surface area contributed by atoms with Gasteiger partial charge in [-0.15, -0.1) is 0 Å². The van der Waals surface area contributed by atoms with Gasteiger partial charge in [-0.05, 0) is 43.2 Å². The fourth-order valence-corrected chi connectivity index (χ4v) is 2.84. The Morgan fingerprint density at radius 3 is 2.76 bits per heavy atom. The van der Waals surface area contributed by atoms with Gasteiger partial charge in [0, 0.05) is 17.3 Å². The van der Waals surface area contributed by atoms with Crippen LogP contribution in [-0.2, 0) is 6.42 Å². The average Bonchev–Trinajstić information content (AvgIpc) is 2.82. The first-order valence-corrected chi connectivity index (χ1v) is 6.90. The maximum absolute atomic E-state index is 12.7. The molecule has 2 aromatic carbocycles. The van der Waals surface area contributed by atoms with Gasteiger partial charge < -0.3 is 14.7 Å². The maximum atomic E-state index is 12.7. The summed E-state index contributed by atoms with van der Waals surface area (Å²) in [6, 6.07) is 12.8. The first kappa shape index (κ1) is 13.5. The number of anilines is 1. The molecule has 4 heteroatoms. The molecule has 1 aliphatic heterocycles. The standard InChI is InChI=1S/C17H17NO3/c1-11-9-12-5-3-4-6-14(12)18(11)17(20)13-7-8-16(21-2)15(19)10-13/h3-8,10-11,19H,9H2,1-2H3. The zero-order valence-corrected chi connectivity index (χ0v) is 12.0. The molecular weight excluding hydrogens is 266 g/mol. The molecule has 4 nitrogen and oxygen atoms in total. The molecule has 1 amide bonds. The van der Waals surface area contributed by atoms with Crippen molar-refractivity contribution in [3.8, 4) is 11.5 Å². The number of para-hydroxylation sites is 1. The molecular formula is C17H17NO3. The number of carbonyl (C=O) groups is 1. The van der Waals surface area contributed by atoms with Gasteiger partial charge in [-0.25, -0.2) is 0 Å². The highest BCUT2D eigenvalue weighted by Gasteiger charge is 2.31. The second-order valence-corrected chi connectivity index (χ2v) is 5.24. The highest BCUT2D eigenvalue weighted by molar-refractivity contribution is 6.08. The molecule has 0 spiro atoms. The molecule has 0 saturated carbocycles. The van der Waals surface area contributed by atoms with Gasteiger partial charge in [0.2, 0.25) is 0 Å². The van der Waals surface area contributed by atoms with Crippen LogP contribution in [0, 0.1) is 0 Å². The van der Waals surface area contributed by atoms with Crippen molar-refractivity contribution in [3.63, 3.8) is 0 Å². The molecule has 0 fully saturated rings. The number of carbonyl (C=O) groups excluding carboxylic acids is 1. The van der Waals surface area contributed by atoms with Crippen LogP contribution in [0.3, 0.4) is 0 Å². The van der Waals surface area contributed by atoms with Crippen molar-refractivity contribution >= 4 is 11.6 Å². The molecule has 0 saturated heterocycles. The van der Waals surface area contributed by atoms with Crippen LogP contribution >= 0.6 is 0 Å². The van der Waals surface area contributed by atoms with Crippen molar-refractivity contribution < 1.29 is 14.6 Å². The Labute approximate surface area is 123 Å². The van der Waals surface area contributed by atoms with E-state index in [1.165, 1.54) is 18.7 Å². The monoisotopic (exact) mass is 283 g/mol. The number of hydrogen-bond acceptors (Lipinski definition) is 3. The zero-order chi connectivity index (χ0) is 15.0. The summed E-state index contributed by atoms with van der Waals surface area (Å²) in [5, 5.41) is 9.85. The van der Waals surface area contributed by atoms with Gasteiger partial charge in [-0.1, -0.05) is 18.2 Å². The van der Waals surface area contributed by atoms with Crippen LogP contribution in [0.15, 0.2) is 42.5 Å². The zero-order valence-electron chi connectivity index (χ0n) is 12.0. The van der Waals surface area contributed by atoms with Crippen LogP contribution in [-0.4, -0.2) is 24.2 Å². The number of benzene rings is 2. The lowest BCUT2D eigenvalue weighted by atomic mass is 10.1. The highest BCUT2D eigenvalue weighted by atomic mass is 16.5. The smallest absolute Gasteiger partial charge is 0.258 e. The van der Waals surface area contributed by atoms with Crippen LogP contribution < -0.4 is 9.64 Å². The molecule has 1 N–H and O–H groups in total. The van der Waals surface area contributed by atoms with Crippen molar-refractivity contribution in [1.29, 1.82) is 0 Å². The third-order valence-corrected chi connectivity index (χ3v) is 3.85. The van der Waals surface area contributed by atoms with Crippen molar-refractivity contribution in [2.75, 3.05) is 12.0 Å². The van der Waals surface area contributed by atoms with Gasteiger partial charge in [0.05, 0.1) is 7.11 Å². The van der Waals surface area contributed by atoms with E-state index < -0.39 is 0 Å². The predicted octanol–water partition coefficient (Wildman–Crippen LogP) is 2.99. The summed E-state index contributed by atoms with van der Waals surface area (Å²) in [6.45, 7) is 2.03.